The number of ether oxygens (including phenoxy) is 1. The molecule has 1 aromatic rings. The van der Waals surface area contributed by atoms with Gasteiger partial charge in [-0.05, 0) is 33.3 Å². The molecule has 0 radical (unpaired) electrons. The molecule has 1 aromatic heterocycles. The molecule has 0 aliphatic heterocycles. The number of thioether (sulfide) groups is 1. The third-order valence-electron chi connectivity index (χ3n) is 2.83. The van der Waals surface area contributed by atoms with Crippen molar-refractivity contribution in [3.05, 3.63) is 22.2 Å². The summed E-state index contributed by atoms with van der Waals surface area (Å²) in [5.74, 6) is 1.66. The Morgan fingerprint density at radius 2 is 2.12 bits per heavy atom. The maximum Gasteiger partial charge on any atom is 0.349 e. The molecule has 1 N–H and O–H groups in total. The lowest BCUT2D eigenvalue weighted by molar-refractivity contribution is -0.150. The molecule has 0 unspecified atom stereocenters. The van der Waals surface area contributed by atoms with Crippen LogP contribution in [0.3, 0.4) is 0 Å². The largest absolute Gasteiger partial charge is 0.454 e. The van der Waals surface area contributed by atoms with Crippen LogP contribution in [0.4, 0.5) is 0 Å². The molecule has 0 atom stereocenters. The van der Waals surface area contributed by atoms with Crippen LogP contribution >= 0.6 is 11.8 Å². The van der Waals surface area contributed by atoms with Crippen molar-refractivity contribution in [1.82, 2.24) is 14.9 Å². The Balaban J connectivity index is 2.71. The first-order valence-electron chi connectivity index (χ1n) is 7.23. The average Bonchev–Trinajstić information content (AvgIpc) is 2.48. The van der Waals surface area contributed by atoms with Gasteiger partial charge in [-0.2, -0.15) is 4.98 Å². The van der Waals surface area contributed by atoms with Crippen molar-refractivity contribution in [2.24, 2.45) is 5.41 Å². The minimum atomic E-state index is -0.585. The molecule has 0 aliphatic rings. The van der Waals surface area contributed by atoms with Crippen molar-refractivity contribution in [1.29, 1.82) is 0 Å². The van der Waals surface area contributed by atoms with Gasteiger partial charge in [-0.25, -0.2) is 4.79 Å². The summed E-state index contributed by atoms with van der Waals surface area (Å²) in [6.45, 7) is 6.99. The number of nitrogens with one attached hydrogen (secondary N) is 1. The van der Waals surface area contributed by atoms with Crippen molar-refractivity contribution in [3.63, 3.8) is 0 Å². The highest BCUT2D eigenvalue weighted by Gasteiger charge is 2.23. The quantitative estimate of drug-likeness (QED) is 0.270. The SMILES string of the molecule is C#CCNC(=O)Cn1cc(C)c(SCOC(=O)C(C)(C)C)nc1=O. The summed E-state index contributed by atoms with van der Waals surface area (Å²) in [5, 5.41) is 2.94. The molecule has 130 valence electrons. The average molecular weight is 351 g/mol. The van der Waals surface area contributed by atoms with Gasteiger partial charge in [0.05, 0.1) is 12.0 Å². The Kier molecular flexibility index (Phi) is 7.04. The molecule has 8 heteroatoms. The molecule has 0 bridgehead atoms. The maximum absolute atomic E-state index is 12.0. The third kappa shape index (κ3) is 6.08. The second kappa shape index (κ2) is 8.55. The first-order chi connectivity index (χ1) is 11.1. The van der Waals surface area contributed by atoms with E-state index in [-0.39, 0.29) is 30.9 Å². The molecule has 0 fully saturated rings. The number of aryl methyl sites for hydroxylation is 1. The van der Waals surface area contributed by atoms with Gasteiger partial charge in [-0.3, -0.25) is 14.2 Å². The lowest BCUT2D eigenvalue weighted by Gasteiger charge is -2.16. The van der Waals surface area contributed by atoms with E-state index in [1.807, 2.05) is 0 Å². The Labute approximate surface area is 145 Å². The Morgan fingerprint density at radius 3 is 2.71 bits per heavy atom. The standard InChI is InChI=1S/C16H21N3O4S/c1-6-7-17-12(20)9-19-8-11(2)13(18-15(19)22)24-10-23-14(21)16(3,4)5/h1,8H,7,9-10H2,2-5H3,(H,17,20). The second-order valence-corrected chi connectivity index (χ2v) is 6.98. The van der Waals surface area contributed by atoms with Gasteiger partial charge in [-0.1, -0.05) is 17.7 Å². The highest BCUT2D eigenvalue weighted by Crippen LogP contribution is 2.21. The summed E-state index contributed by atoms with van der Waals surface area (Å²) in [4.78, 5) is 39.2. The van der Waals surface area contributed by atoms with Crippen LogP contribution in [0, 0.1) is 24.7 Å². The van der Waals surface area contributed by atoms with Gasteiger partial charge in [0.1, 0.15) is 17.5 Å². The molecule has 1 heterocycles. The van der Waals surface area contributed by atoms with E-state index in [0.717, 1.165) is 11.8 Å². The lowest BCUT2D eigenvalue weighted by atomic mass is 9.98. The zero-order valence-corrected chi connectivity index (χ0v) is 15.0. The van der Waals surface area contributed by atoms with E-state index in [1.54, 1.807) is 33.9 Å². The van der Waals surface area contributed by atoms with Gasteiger partial charge in [0.2, 0.25) is 5.91 Å². The van der Waals surface area contributed by atoms with Crippen molar-refractivity contribution in [2.75, 3.05) is 12.5 Å². The Hall–Kier alpha value is -2.27. The second-order valence-electron chi connectivity index (χ2n) is 6.06. The van der Waals surface area contributed by atoms with Gasteiger partial charge in [0, 0.05) is 6.20 Å². The fourth-order valence-corrected chi connectivity index (χ4v) is 2.26. The highest BCUT2D eigenvalue weighted by molar-refractivity contribution is 7.99. The van der Waals surface area contributed by atoms with Gasteiger partial charge in [-0.15, -0.1) is 6.42 Å². The van der Waals surface area contributed by atoms with Crippen molar-refractivity contribution < 1.29 is 14.3 Å². The zero-order valence-electron chi connectivity index (χ0n) is 14.2. The lowest BCUT2D eigenvalue weighted by Crippen LogP contribution is -2.33. The van der Waals surface area contributed by atoms with Crippen molar-refractivity contribution in [2.45, 2.75) is 39.3 Å². The zero-order chi connectivity index (χ0) is 18.3. The predicted molar refractivity (Wildman–Crippen MR) is 91.3 cm³/mol. The number of carbonyl (C=O) groups is 2. The number of amides is 1. The maximum atomic E-state index is 12.0. The van der Waals surface area contributed by atoms with E-state index < -0.39 is 11.1 Å². The summed E-state index contributed by atoms with van der Waals surface area (Å²) >= 11 is 1.15. The molecule has 1 amide bonds. The molecular weight excluding hydrogens is 330 g/mol. The van der Waals surface area contributed by atoms with E-state index in [0.29, 0.717) is 10.6 Å². The topological polar surface area (TPSA) is 90.3 Å². The van der Waals surface area contributed by atoms with E-state index in [9.17, 15) is 14.4 Å². The summed E-state index contributed by atoms with van der Waals surface area (Å²) < 4.78 is 6.34. The minimum Gasteiger partial charge on any atom is -0.454 e. The summed E-state index contributed by atoms with van der Waals surface area (Å²) in [6.07, 6.45) is 6.59. The number of hydrogen-bond acceptors (Lipinski definition) is 6. The molecule has 1 rings (SSSR count). The minimum absolute atomic E-state index is 0.0655. The van der Waals surface area contributed by atoms with Gasteiger partial charge in [0.15, 0.2) is 0 Å². The molecule has 0 saturated heterocycles. The Morgan fingerprint density at radius 1 is 1.46 bits per heavy atom. The van der Waals surface area contributed by atoms with Crippen LogP contribution < -0.4 is 11.0 Å². The van der Waals surface area contributed by atoms with Crippen molar-refractivity contribution in [3.8, 4) is 12.3 Å². The van der Waals surface area contributed by atoms with E-state index >= 15 is 0 Å². The fraction of sp³-hybridized carbons (Fsp3) is 0.500. The predicted octanol–water partition coefficient (Wildman–Crippen LogP) is 0.940. The van der Waals surface area contributed by atoms with Crippen LogP contribution in [0.5, 0.6) is 0 Å². The van der Waals surface area contributed by atoms with Gasteiger partial charge in [0.25, 0.3) is 0 Å². The van der Waals surface area contributed by atoms with E-state index in [4.69, 9.17) is 11.2 Å². The number of terminal acetylenes is 1. The molecule has 0 saturated carbocycles. The Bertz CT molecular complexity index is 714. The number of aromatic nitrogens is 2. The van der Waals surface area contributed by atoms with Crippen LogP contribution in [0.15, 0.2) is 16.0 Å². The third-order valence-corrected chi connectivity index (χ3v) is 3.75. The number of hydrogen-bond donors (Lipinski definition) is 1. The normalized spacial score (nSPS) is 10.8. The molecular formula is C16H21N3O4S. The number of carbonyl (C=O) groups excluding carboxylic acids is 2. The molecule has 0 aliphatic carbocycles. The first kappa shape index (κ1) is 19.8. The monoisotopic (exact) mass is 351 g/mol. The molecule has 7 nitrogen and oxygen atoms in total. The molecule has 0 spiro atoms. The molecule has 24 heavy (non-hydrogen) atoms. The smallest absolute Gasteiger partial charge is 0.349 e. The summed E-state index contributed by atoms with van der Waals surface area (Å²) in [5.41, 5.74) is -0.435. The van der Waals surface area contributed by atoms with Crippen LogP contribution in [-0.4, -0.2) is 33.9 Å². The highest BCUT2D eigenvalue weighted by atomic mass is 32.2. The van der Waals surface area contributed by atoms with E-state index in [1.165, 1.54) is 4.57 Å². The van der Waals surface area contributed by atoms with Crippen LogP contribution in [0.2, 0.25) is 0 Å². The van der Waals surface area contributed by atoms with Crippen LogP contribution in [-0.2, 0) is 20.9 Å². The number of rotatable bonds is 6. The number of nitrogens with zero attached hydrogens (tertiary/aromatic N) is 2. The van der Waals surface area contributed by atoms with E-state index in [2.05, 4.69) is 16.2 Å². The summed E-state index contributed by atoms with van der Waals surface area (Å²) in [6, 6.07) is 0. The fourth-order valence-electron chi connectivity index (χ4n) is 1.56. The number of esters is 1. The van der Waals surface area contributed by atoms with Gasteiger partial charge >= 0.3 is 11.7 Å². The first-order valence-corrected chi connectivity index (χ1v) is 8.22. The van der Waals surface area contributed by atoms with Crippen LogP contribution in [0.1, 0.15) is 26.3 Å². The van der Waals surface area contributed by atoms with Crippen LogP contribution in [0.25, 0.3) is 0 Å². The summed E-state index contributed by atoms with van der Waals surface area (Å²) in [7, 11) is 0. The molecule has 0 aromatic carbocycles. The van der Waals surface area contributed by atoms with Crippen molar-refractivity contribution >= 4 is 23.6 Å². The van der Waals surface area contributed by atoms with Gasteiger partial charge < -0.3 is 10.1 Å².